The Morgan fingerprint density at radius 3 is 2.62 bits per heavy atom. The van der Waals surface area contributed by atoms with E-state index in [-0.39, 0.29) is 11.3 Å². The minimum absolute atomic E-state index is 0.290. The first-order valence-electron chi connectivity index (χ1n) is 10.9. The van der Waals surface area contributed by atoms with Crippen LogP contribution in [0, 0.1) is 19.7 Å². The summed E-state index contributed by atoms with van der Waals surface area (Å²) in [7, 11) is -3.65. The lowest BCUT2D eigenvalue weighted by atomic mass is 9.95. The predicted molar refractivity (Wildman–Crippen MR) is 121 cm³/mol. The van der Waals surface area contributed by atoms with Crippen LogP contribution in [0.25, 0.3) is 0 Å². The third-order valence-corrected chi connectivity index (χ3v) is 7.13. The van der Waals surface area contributed by atoms with Crippen LogP contribution in [0.2, 0.25) is 0 Å². The minimum atomic E-state index is -3.65. The first-order chi connectivity index (χ1) is 15.2. The number of aryl methyl sites for hydroxylation is 1. The highest BCUT2D eigenvalue weighted by molar-refractivity contribution is 7.90. The van der Waals surface area contributed by atoms with Crippen molar-refractivity contribution in [2.45, 2.75) is 63.3 Å². The second kappa shape index (κ2) is 8.97. The molecule has 0 atom stereocenters. The van der Waals surface area contributed by atoms with Crippen LogP contribution in [-0.2, 0) is 16.3 Å². The maximum atomic E-state index is 13.9. The van der Waals surface area contributed by atoms with E-state index in [9.17, 15) is 12.8 Å². The standard InChI is InChI=1S/C23H28FN5O2S/c1-15-16(2)28-29(18-7-5-4-6-8-18)23(15)27-21-11-12-25-22(26-21)14-17-9-10-19(24)20(13-17)32(3,30)31/h9-13,18H,4-8,14H2,1-3H3,(H,25,26,27). The van der Waals surface area contributed by atoms with Crippen molar-refractivity contribution in [2.75, 3.05) is 11.6 Å². The van der Waals surface area contributed by atoms with Crippen LogP contribution >= 0.6 is 0 Å². The van der Waals surface area contributed by atoms with Crippen LogP contribution < -0.4 is 5.32 Å². The van der Waals surface area contributed by atoms with Crippen molar-refractivity contribution in [1.29, 1.82) is 0 Å². The zero-order valence-corrected chi connectivity index (χ0v) is 19.4. The fourth-order valence-corrected chi connectivity index (χ4v) is 4.96. The van der Waals surface area contributed by atoms with Gasteiger partial charge >= 0.3 is 0 Å². The first kappa shape index (κ1) is 22.4. The van der Waals surface area contributed by atoms with Crippen molar-refractivity contribution in [3.63, 3.8) is 0 Å². The summed E-state index contributed by atoms with van der Waals surface area (Å²) in [5.74, 6) is 1.34. The van der Waals surface area contributed by atoms with Gasteiger partial charge in [-0.15, -0.1) is 0 Å². The van der Waals surface area contributed by atoms with E-state index in [2.05, 4.69) is 26.9 Å². The van der Waals surface area contributed by atoms with Crippen molar-refractivity contribution >= 4 is 21.5 Å². The Balaban J connectivity index is 1.59. The maximum absolute atomic E-state index is 13.9. The fraction of sp³-hybridized carbons (Fsp3) is 0.435. The van der Waals surface area contributed by atoms with Gasteiger partial charge in [-0.3, -0.25) is 0 Å². The number of hydrogen-bond donors (Lipinski definition) is 1. The van der Waals surface area contributed by atoms with Crippen LogP contribution in [0.5, 0.6) is 0 Å². The van der Waals surface area contributed by atoms with Crippen molar-refractivity contribution < 1.29 is 12.8 Å². The van der Waals surface area contributed by atoms with Crippen LogP contribution in [0.15, 0.2) is 35.4 Å². The van der Waals surface area contributed by atoms with Crippen molar-refractivity contribution in [3.8, 4) is 0 Å². The number of sulfone groups is 1. The Hall–Kier alpha value is -2.81. The molecule has 0 radical (unpaired) electrons. The molecule has 1 N–H and O–H groups in total. The van der Waals surface area contributed by atoms with Gasteiger partial charge in [-0.1, -0.05) is 25.3 Å². The van der Waals surface area contributed by atoms with Crippen LogP contribution in [0.3, 0.4) is 0 Å². The molecule has 2 aromatic heterocycles. The molecule has 32 heavy (non-hydrogen) atoms. The monoisotopic (exact) mass is 457 g/mol. The molecule has 0 spiro atoms. The molecule has 0 amide bonds. The molecular formula is C23H28FN5O2S. The lowest BCUT2D eigenvalue weighted by Gasteiger charge is -2.24. The van der Waals surface area contributed by atoms with E-state index in [1.807, 2.05) is 6.92 Å². The quantitative estimate of drug-likeness (QED) is 0.578. The molecule has 9 heteroatoms. The second-order valence-corrected chi connectivity index (χ2v) is 10.5. The molecule has 3 aromatic rings. The Bertz CT molecular complexity index is 1230. The first-order valence-corrected chi connectivity index (χ1v) is 12.7. The molecule has 170 valence electrons. The van der Waals surface area contributed by atoms with Gasteiger partial charge in [0.15, 0.2) is 9.84 Å². The molecule has 4 rings (SSSR count). The summed E-state index contributed by atoms with van der Waals surface area (Å²) in [5.41, 5.74) is 2.71. The minimum Gasteiger partial charge on any atom is -0.325 e. The van der Waals surface area contributed by atoms with E-state index in [1.54, 1.807) is 18.3 Å². The van der Waals surface area contributed by atoms with Gasteiger partial charge in [0.25, 0.3) is 0 Å². The van der Waals surface area contributed by atoms with Crippen molar-refractivity contribution in [2.24, 2.45) is 0 Å². The highest BCUT2D eigenvalue weighted by Crippen LogP contribution is 2.33. The van der Waals surface area contributed by atoms with E-state index < -0.39 is 15.7 Å². The number of nitrogens with one attached hydrogen (secondary N) is 1. The molecule has 0 saturated heterocycles. The van der Waals surface area contributed by atoms with Gasteiger partial charge in [-0.25, -0.2) is 27.5 Å². The SMILES string of the molecule is Cc1nn(C2CCCCC2)c(Nc2ccnc(Cc3ccc(F)c(S(C)(=O)=O)c3)n2)c1C. The normalized spacial score (nSPS) is 15.1. The number of anilines is 2. The predicted octanol–water partition coefficient (Wildman–Crippen LogP) is 4.67. The Morgan fingerprint density at radius 1 is 1.16 bits per heavy atom. The largest absolute Gasteiger partial charge is 0.325 e. The summed E-state index contributed by atoms with van der Waals surface area (Å²) in [5, 5.41) is 8.20. The van der Waals surface area contributed by atoms with Gasteiger partial charge < -0.3 is 5.32 Å². The average Bonchev–Trinajstić information content (AvgIpc) is 3.04. The summed E-state index contributed by atoms with van der Waals surface area (Å²) in [4.78, 5) is 8.61. The van der Waals surface area contributed by atoms with Gasteiger partial charge in [0.2, 0.25) is 0 Å². The topological polar surface area (TPSA) is 89.8 Å². The molecule has 1 saturated carbocycles. The van der Waals surface area contributed by atoms with Gasteiger partial charge in [0.05, 0.1) is 11.7 Å². The fourth-order valence-electron chi connectivity index (χ4n) is 4.17. The van der Waals surface area contributed by atoms with Crippen LogP contribution in [-0.4, -0.2) is 34.4 Å². The Kier molecular flexibility index (Phi) is 6.28. The highest BCUT2D eigenvalue weighted by atomic mass is 32.2. The van der Waals surface area contributed by atoms with Crippen molar-refractivity contribution in [1.82, 2.24) is 19.7 Å². The summed E-state index contributed by atoms with van der Waals surface area (Å²) in [6.07, 6.45) is 8.90. The van der Waals surface area contributed by atoms with Gasteiger partial charge in [-0.05, 0) is 50.5 Å². The number of benzene rings is 1. The molecular weight excluding hydrogens is 429 g/mol. The molecule has 1 aliphatic carbocycles. The summed E-state index contributed by atoms with van der Waals surface area (Å²) >= 11 is 0. The number of nitrogens with zero attached hydrogens (tertiary/aromatic N) is 4. The van der Waals surface area contributed by atoms with Gasteiger partial charge in [0.1, 0.15) is 28.2 Å². The second-order valence-electron chi connectivity index (χ2n) is 8.49. The van der Waals surface area contributed by atoms with E-state index in [4.69, 9.17) is 5.10 Å². The van der Waals surface area contributed by atoms with E-state index in [0.29, 0.717) is 23.2 Å². The Morgan fingerprint density at radius 2 is 1.91 bits per heavy atom. The lowest BCUT2D eigenvalue weighted by Crippen LogP contribution is -2.16. The maximum Gasteiger partial charge on any atom is 0.178 e. The number of halogens is 1. The molecule has 2 heterocycles. The molecule has 7 nitrogen and oxygen atoms in total. The average molecular weight is 458 g/mol. The molecule has 1 aromatic carbocycles. The number of rotatable bonds is 6. The zero-order valence-electron chi connectivity index (χ0n) is 18.6. The molecule has 0 bridgehead atoms. The van der Waals surface area contributed by atoms with Crippen molar-refractivity contribution in [3.05, 3.63) is 58.9 Å². The summed E-state index contributed by atoms with van der Waals surface area (Å²) < 4.78 is 39.7. The number of hydrogen-bond acceptors (Lipinski definition) is 6. The summed E-state index contributed by atoms with van der Waals surface area (Å²) in [6.45, 7) is 4.07. The zero-order chi connectivity index (χ0) is 22.9. The van der Waals surface area contributed by atoms with E-state index in [0.717, 1.165) is 36.2 Å². The Labute approximate surface area is 188 Å². The smallest absolute Gasteiger partial charge is 0.178 e. The van der Waals surface area contributed by atoms with E-state index >= 15 is 0 Å². The molecule has 0 unspecified atom stereocenters. The lowest BCUT2D eigenvalue weighted by molar-refractivity contribution is 0.332. The molecule has 1 fully saturated rings. The number of aromatic nitrogens is 4. The van der Waals surface area contributed by atoms with Gasteiger partial charge in [0, 0.05) is 24.4 Å². The van der Waals surface area contributed by atoms with Gasteiger partial charge in [-0.2, -0.15) is 5.10 Å². The molecule has 1 aliphatic rings. The third-order valence-electron chi connectivity index (χ3n) is 6.01. The van der Waals surface area contributed by atoms with Crippen LogP contribution in [0.4, 0.5) is 16.0 Å². The van der Waals surface area contributed by atoms with E-state index in [1.165, 1.54) is 31.4 Å². The highest BCUT2D eigenvalue weighted by Gasteiger charge is 2.22. The third kappa shape index (κ3) is 4.82. The van der Waals surface area contributed by atoms with Crippen LogP contribution in [0.1, 0.15) is 60.8 Å². The summed E-state index contributed by atoms with van der Waals surface area (Å²) in [6, 6.07) is 6.25. The molecule has 0 aliphatic heterocycles.